The lowest BCUT2D eigenvalue weighted by molar-refractivity contribution is -0.128. The maximum absolute atomic E-state index is 12.5. The Labute approximate surface area is 157 Å². The minimum Gasteiger partial charge on any atom is -0.493 e. The maximum Gasteiger partial charge on any atom is 0.231 e. The predicted octanol–water partition coefficient (Wildman–Crippen LogP) is 4.23. The highest BCUT2D eigenvalue weighted by Crippen LogP contribution is 2.24. The molecular weight excluding hydrogens is 332 g/mol. The molecule has 0 aliphatic heterocycles. The second-order valence-electron chi connectivity index (χ2n) is 7.04. The van der Waals surface area contributed by atoms with Crippen molar-refractivity contribution in [2.75, 3.05) is 19.7 Å². The summed E-state index contributed by atoms with van der Waals surface area (Å²) in [5.74, 6) is 0.890. The van der Waals surface area contributed by atoms with Crippen LogP contribution in [0.5, 0.6) is 5.75 Å². The number of amides is 1. The van der Waals surface area contributed by atoms with Gasteiger partial charge in [-0.1, -0.05) is 26.0 Å². The molecule has 1 aromatic rings. The van der Waals surface area contributed by atoms with Gasteiger partial charge in [-0.3, -0.25) is 4.79 Å². The van der Waals surface area contributed by atoms with Crippen molar-refractivity contribution in [2.24, 2.45) is 5.41 Å². The number of aryl methyl sites for hydroxylation is 2. The van der Waals surface area contributed by atoms with E-state index in [0.29, 0.717) is 11.7 Å². The van der Waals surface area contributed by atoms with Gasteiger partial charge in [0.15, 0.2) is 5.11 Å². The molecule has 1 amide bonds. The van der Waals surface area contributed by atoms with Crippen molar-refractivity contribution in [2.45, 2.75) is 54.4 Å². The number of carbonyl (C=O) groups is 1. The number of hydrogen-bond acceptors (Lipinski definition) is 3. The first kappa shape index (κ1) is 21.4. The zero-order valence-corrected chi connectivity index (χ0v) is 17.3. The second-order valence-corrected chi connectivity index (χ2v) is 7.42. The Balaban J connectivity index is 2.47. The van der Waals surface area contributed by atoms with E-state index in [2.05, 4.69) is 30.4 Å². The van der Waals surface area contributed by atoms with Crippen LogP contribution in [0.4, 0.5) is 0 Å². The normalized spacial score (nSPS) is 11.1. The number of rotatable bonds is 8. The van der Waals surface area contributed by atoms with E-state index in [1.807, 2.05) is 39.5 Å². The smallest absolute Gasteiger partial charge is 0.231 e. The van der Waals surface area contributed by atoms with Gasteiger partial charge in [0.1, 0.15) is 5.75 Å². The SMILES string of the molecule is CCN(CC)C(=S)NC(=O)C(C)(C)CCCOc1cc(C)ccc1C. The first-order chi connectivity index (χ1) is 11.7. The maximum atomic E-state index is 12.5. The van der Waals surface area contributed by atoms with Gasteiger partial charge < -0.3 is 15.0 Å². The Morgan fingerprint density at radius 2 is 1.88 bits per heavy atom. The molecule has 0 aromatic heterocycles. The molecule has 0 aliphatic carbocycles. The molecular formula is C20H32N2O2S. The number of thiocarbonyl (C=S) groups is 1. The first-order valence-corrected chi connectivity index (χ1v) is 9.42. The minimum absolute atomic E-state index is 0.0314. The predicted molar refractivity (Wildman–Crippen MR) is 108 cm³/mol. The lowest BCUT2D eigenvalue weighted by Gasteiger charge is -2.27. The molecule has 1 N–H and O–H groups in total. The van der Waals surface area contributed by atoms with Gasteiger partial charge in [-0.2, -0.15) is 0 Å². The van der Waals surface area contributed by atoms with Crippen molar-refractivity contribution in [1.82, 2.24) is 10.2 Å². The standard InChI is InChI=1S/C20H32N2O2S/c1-7-22(8-2)19(25)21-18(23)20(5,6)12-9-13-24-17-14-15(3)10-11-16(17)4/h10-11,14H,7-9,12-13H2,1-6H3,(H,21,23,25). The van der Waals surface area contributed by atoms with Crippen molar-refractivity contribution >= 4 is 23.2 Å². The summed E-state index contributed by atoms with van der Waals surface area (Å²) < 4.78 is 5.88. The van der Waals surface area contributed by atoms with Crippen molar-refractivity contribution < 1.29 is 9.53 Å². The minimum atomic E-state index is -0.484. The van der Waals surface area contributed by atoms with Gasteiger partial charge in [-0.05, 0) is 69.9 Å². The molecule has 5 heteroatoms. The summed E-state index contributed by atoms with van der Waals surface area (Å²) in [7, 11) is 0. The van der Waals surface area contributed by atoms with Crippen LogP contribution in [-0.4, -0.2) is 35.6 Å². The Morgan fingerprint density at radius 1 is 1.24 bits per heavy atom. The number of nitrogens with one attached hydrogen (secondary N) is 1. The van der Waals surface area contributed by atoms with Crippen LogP contribution in [-0.2, 0) is 4.79 Å². The quantitative estimate of drug-likeness (QED) is 0.554. The van der Waals surface area contributed by atoms with Crippen LogP contribution in [0.3, 0.4) is 0 Å². The summed E-state index contributed by atoms with van der Waals surface area (Å²) in [5, 5.41) is 3.38. The monoisotopic (exact) mass is 364 g/mol. The number of hydrogen-bond donors (Lipinski definition) is 1. The molecule has 1 aromatic carbocycles. The van der Waals surface area contributed by atoms with E-state index >= 15 is 0 Å². The van der Waals surface area contributed by atoms with Gasteiger partial charge >= 0.3 is 0 Å². The lowest BCUT2D eigenvalue weighted by Crippen LogP contribution is -2.47. The summed E-state index contributed by atoms with van der Waals surface area (Å²) in [6, 6.07) is 6.19. The number of ether oxygens (including phenoxy) is 1. The van der Waals surface area contributed by atoms with E-state index in [1.54, 1.807) is 0 Å². The molecule has 1 rings (SSSR count). The third-order valence-corrected chi connectivity index (χ3v) is 4.79. The summed E-state index contributed by atoms with van der Waals surface area (Å²) in [5.41, 5.74) is 1.83. The Bertz CT molecular complexity index is 595. The zero-order chi connectivity index (χ0) is 19.0. The third-order valence-electron chi connectivity index (χ3n) is 4.43. The molecule has 0 heterocycles. The fourth-order valence-electron chi connectivity index (χ4n) is 2.53. The van der Waals surface area contributed by atoms with E-state index in [9.17, 15) is 4.79 Å². The molecule has 25 heavy (non-hydrogen) atoms. The topological polar surface area (TPSA) is 41.6 Å². The first-order valence-electron chi connectivity index (χ1n) is 9.01. The number of nitrogens with zero attached hydrogens (tertiary/aromatic N) is 1. The van der Waals surface area contributed by atoms with Crippen LogP contribution in [0.1, 0.15) is 51.7 Å². The summed E-state index contributed by atoms with van der Waals surface area (Å²) >= 11 is 5.31. The second kappa shape index (κ2) is 9.76. The van der Waals surface area contributed by atoms with Crippen molar-refractivity contribution in [3.8, 4) is 5.75 Å². The molecule has 0 radical (unpaired) electrons. The van der Waals surface area contributed by atoms with Crippen LogP contribution in [0.2, 0.25) is 0 Å². The molecule has 0 aliphatic rings. The third kappa shape index (κ3) is 6.65. The molecule has 140 valence electrons. The van der Waals surface area contributed by atoms with Gasteiger partial charge in [0.05, 0.1) is 6.61 Å². The summed E-state index contributed by atoms with van der Waals surface area (Å²) in [4.78, 5) is 14.5. The molecule has 0 bridgehead atoms. The Hall–Kier alpha value is -1.62. The van der Waals surface area contributed by atoms with Crippen LogP contribution in [0.15, 0.2) is 18.2 Å². The van der Waals surface area contributed by atoms with Crippen LogP contribution < -0.4 is 10.1 Å². The fourth-order valence-corrected chi connectivity index (χ4v) is 2.88. The largest absolute Gasteiger partial charge is 0.493 e. The lowest BCUT2D eigenvalue weighted by atomic mass is 9.87. The molecule has 0 fully saturated rings. The Kier molecular flexibility index (Phi) is 8.36. The van der Waals surface area contributed by atoms with Gasteiger partial charge in [0, 0.05) is 18.5 Å². The average molecular weight is 365 g/mol. The van der Waals surface area contributed by atoms with E-state index in [1.165, 1.54) is 5.56 Å². The van der Waals surface area contributed by atoms with Gasteiger partial charge in [0.25, 0.3) is 0 Å². The van der Waals surface area contributed by atoms with E-state index in [0.717, 1.165) is 37.2 Å². The average Bonchev–Trinajstić information content (AvgIpc) is 2.55. The van der Waals surface area contributed by atoms with Gasteiger partial charge in [0.2, 0.25) is 5.91 Å². The number of carbonyl (C=O) groups excluding carboxylic acids is 1. The van der Waals surface area contributed by atoms with Crippen molar-refractivity contribution in [3.63, 3.8) is 0 Å². The van der Waals surface area contributed by atoms with Crippen LogP contribution >= 0.6 is 12.2 Å². The molecule has 0 unspecified atom stereocenters. The van der Waals surface area contributed by atoms with Gasteiger partial charge in [-0.15, -0.1) is 0 Å². The van der Waals surface area contributed by atoms with E-state index < -0.39 is 5.41 Å². The van der Waals surface area contributed by atoms with E-state index in [4.69, 9.17) is 17.0 Å². The Morgan fingerprint density at radius 3 is 2.48 bits per heavy atom. The van der Waals surface area contributed by atoms with Crippen LogP contribution in [0, 0.1) is 19.3 Å². The molecule has 0 atom stereocenters. The summed E-state index contributed by atoms with van der Waals surface area (Å²) in [6.07, 6.45) is 1.55. The molecule has 0 spiro atoms. The van der Waals surface area contributed by atoms with Gasteiger partial charge in [-0.25, -0.2) is 0 Å². The van der Waals surface area contributed by atoms with Crippen LogP contribution in [0.25, 0.3) is 0 Å². The highest BCUT2D eigenvalue weighted by molar-refractivity contribution is 7.80. The fraction of sp³-hybridized carbons (Fsp3) is 0.600. The summed E-state index contributed by atoms with van der Waals surface area (Å²) in [6.45, 7) is 14.2. The molecule has 4 nitrogen and oxygen atoms in total. The highest BCUT2D eigenvalue weighted by atomic mass is 32.1. The van der Waals surface area contributed by atoms with Crippen molar-refractivity contribution in [3.05, 3.63) is 29.3 Å². The number of benzene rings is 1. The van der Waals surface area contributed by atoms with E-state index in [-0.39, 0.29) is 5.91 Å². The molecule has 0 saturated carbocycles. The molecule has 0 saturated heterocycles. The zero-order valence-electron chi connectivity index (χ0n) is 16.4. The van der Waals surface area contributed by atoms with Crippen molar-refractivity contribution in [1.29, 1.82) is 0 Å². The highest BCUT2D eigenvalue weighted by Gasteiger charge is 2.28.